The summed E-state index contributed by atoms with van der Waals surface area (Å²) in [7, 11) is 0. The summed E-state index contributed by atoms with van der Waals surface area (Å²) in [4.78, 5) is 9.69. The van der Waals surface area contributed by atoms with E-state index in [2.05, 4.69) is 40.7 Å². The lowest BCUT2D eigenvalue weighted by Gasteiger charge is -2.36. The smallest absolute Gasteiger partial charge is 0.229 e. The fraction of sp³-hybridized carbons (Fsp3) is 0.889. The van der Waals surface area contributed by atoms with Crippen LogP contribution in [0.3, 0.4) is 0 Å². The first kappa shape index (κ1) is 16.9. The first-order chi connectivity index (χ1) is 11.2. The van der Waals surface area contributed by atoms with Crippen LogP contribution in [0.1, 0.15) is 70.5 Å². The van der Waals surface area contributed by atoms with Crippen LogP contribution in [-0.4, -0.2) is 52.2 Å². The van der Waals surface area contributed by atoms with Crippen molar-refractivity contribution >= 4 is 0 Å². The molecule has 2 heterocycles. The summed E-state index contributed by atoms with van der Waals surface area (Å²) < 4.78 is 5.45. The molecule has 3 rings (SSSR count). The van der Waals surface area contributed by atoms with Gasteiger partial charge in [0.15, 0.2) is 5.82 Å². The molecule has 1 saturated heterocycles. The van der Waals surface area contributed by atoms with Gasteiger partial charge in [0.05, 0.1) is 6.54 Å². The first-order valence-electron chi connectivity index (χ1n) is 9.44. The Morgan fingerprint density at radius 3 is 2.52 bits per heavy atom. The van der Waals surface area contributed by atoms with Gasteiger partial charge in [-0.05, 0) is 65.1 Å². The van der Waals surface area contributed by atoms with Crippen molar-refractivity contribution in [3.05, 3.63) is 11.7 Å². The van der Waals surface area contributed by atoms with Crippen LogP contribution in [0.4, 0.5) is 0 Å². The normalized spacial score (nSPS) is 21.3. The van der Waals surface area contributed by atoms with Crippen molar-refractivity contribution in [1.82, 2.24) is 19.9 Å². The van der Waals surface area contributed by atoms with Gasteiger partial charge in [-0.3, -0.25) is 4.90 Å². The zero-order chi connectivity index (χ0) is 16.2. The van der Waals surface area contributed by atoms with E-state index in [-0.39, 0.29) is 0 Å². The third-order valence-electron chi connectivity index (χ3n) is 5.65. The molecule has 1 saturated carbocycles. The van der Waals surface area contributed by atoms with Crippen LogP contribution in [0.15, 0.2) is 4.52 Å². The lowest BCUT2D eigenvalue weighted by atomic mass is 9.85. The van der Waals surface area contributed by atoms with Crippen LogP contribution >= 0.6 is 0 Å². The number of piperidine rings is 1. The molecule has 1 aliphatic carbocycles. The first-order valence-corrected chi connectivity index (χ1v) is 9.44. The Kier molecular flexibility index (Phi) is 5.70. The summed E-state index contributed by atoms with van der Waals surface area (Å²) in [5, 5.41) is 4.20. The van der Waals surface area contributed by atoms with Gasteiger partial charge >= 0.3 is 0 Å². The minimum Gasteiger partial charge on any atom is -0.339 e. The van der Waals surface area contributed by atoms with Gasteiger partial charge in [0.25, 0.3) is 0 Å². The van der Waals surface area contributed by atoms with E-state index in [4.69, 9.17) is 4.52 Å². The highest BCUT2D eigenvalue weighted by molar-refractivity contribution is 4.98. The highest BCUT2D eigenvalue weighted by Crippen LogP contribution is 2.35. The number of rotatable bonds is 7. The van der Waals surface area contributed by atoms with Gasteiger partial charge in [-0.25, -0.2) is 0 Å². The highest BCUT2D eigenvalue weighted by Gasteiger charge is 2.26. The SMILES string of the molecule is CCN(Cc1noc(C2CCC2)n1)CC1CCN(C(C)C)CC1. The van der Waals surface area contributed by atoms with Crippen molar-refractivity contribution < 1.29 is 4.52 Å². The molecule has 2 aliphatic rings. The van der Waals surface area contributed by atoms with Gasteiger partial charge in [-0.15, -0.1) is 0 Å². The van der Waals surface area contributed by atoms with Gasteiger partial charge < -0.3 is 9.42 Å². The fourth-order valence-corrected chi connectivity index (χ4v) is 3.68. The molecule has 1 aromatic rings. The molecule has 0 N–H and O–H groups in total. The van der Waals surface area contributed by atoms with E-state index in [1.54, 1.807) is 0 Å². The predicted molar refractivity (Wildman–Crippen MR) is 91.3 cm³/mol. The molecule has 2 fully saturated rings. The average Bonchev–Trinajstić information content (AvgIpc) is 2.93. The molecule has 0 aromatic carbocycles. The predicted octanol–water partition coefficient (Wildman–Crippen LogP) is 3.28. The second-order valence-corrected chi connectivity index (χ2v) is 7.58. The molecule has 1 aromatic heterocycles. The van der Waals surface area contributed by atoms with Gasteiger partial charge in [0.2, 0.25) is 5.89 Å². The number of hydrogen-bond acceptors (Lipinski definition) is 5. The summed E-state index contributed by atoms with van der Waals surface area (Å²) in [6.45, 7) is 12.4. The molecule has 0 bridgehead atoms. The summed E-state index contributed by atoms with van der Waals surface area (Å²) in [6, 6.07) is 0.683. The van der Waals surface area contributed by atoms with Crippen molar-refractivity contribution in [1.29, 1.82) is 0 Å². The standard InChI is InChI=1S/C18H32N4O/c1-4-21(12-15-8-10-22(11-9-15)14(2)3)13-17-19-18(23-20-17)16-6-5-7-16/h14-16H,4-13H2,1-3H3. The van der Waals surface area contributed by atoms with Crippen molar-refractivity contribution in [2.24, 2.45) is 5.92 Å². The van der Waals surface area contributed by atoms with E-state index in [1.165, 1.54) is 45.2 Å². The van der Waals surface area contributed by atoms with Crippen LogP contribution in [-0.2, 0) is 6.54 Å². The Labute approximate surface area is 140 Å². The Hall–Kier alpha value is -0.940. The van der Waals surface area contributed by atoms with Crippen molar-refractivity contribution in [2.45, 2.75) is 71.4 Å². The number of aromatic nitrogens is 2. The van der Waals surface area contributed by atoms with E-state index in [0.717, 1.165) is 37.3 Å². The van der Waals surface area contributed by atoms with Crippen LogP contribution < -0.4 is 0 Å². The van der Waals surface area contributed by atoms with E-state index in [9.17, 15) is 0 Å². The number of likely N-dealkylation sites (tertiary alicyclic amines) is 1. The Balaban J connectivity index is 1.47. The second kappa shape index (κ2) is 7.75. The molecule has 0 unspecified atom stereocenters. The molecular formula is C18H32N4O. The molecule has 0 atom stereocenters. The molecule has 1 aliphatic heterocycles. The lowest BCUT2D eigenvalue weighted by Crippen LogP contribution is -2.41. The van der Waals surface area contributed by atoms with Crippen molar-refractivity contribution in [3.63, 3.8) is 0 Å². The summed E-state index contributed by atoms with van der Waals surface area (Å²) >= 11 is 0. The molecule has 5 heteroatoms. The molecule has 23 heavy (non-hydrogen) atoms. The molecule has 0 amide bonds. The monoisotopic (exact) mass is 320 g/mol. The minimum atomic E-state index is 0.534. The third kappa shape index (κ3) is 4.32. The van der Waals surface area contributed by atoms with E-state index >= 15 is 0 Å². The maximum Gasteiger partial charge on any atom is 0.229 e. The zero-order valence-corrected chi connectivity index (χ0v) is 15.0. The molecule has 130 valence electrons. The van der Waals surface area contributed by atoms with Crippen LogP contribution in [0, 0.1) is 5.92 Å². The molecular weight excluding hydrogens is 288 g/mol. The maximum atomic E-state index is 5.45. The Morgan fingerprint density at radius 2 is 1.96 bits per heavy atom. The van der Waals surface area contributed by atoms with Gasteiger partial charge in [-0.2, -0.15) is 4.98 Å². The van der Waals surface area contributed by atoms with Crippen LogP contribution in [0.25, 0.3) is 0 Å². The summed E-state index contributed by atoms with van der Waals surface area (Å²) in [5.74, 6) is 3.08. The van der Waals surface area contributed by atoms with Gasteiger partial charge in [0, 0.05) is 18.5 Å². The van der Waals surface area contributed by atoms with E-state index < -0.39 is 0 Å². The van der Waals surface area contributed by atoms with E-state index in [1.807, 2.05) is 0 Å². The average molecular weight is 320 g/mol. The lowest BCUT2D eigenvalue weighted by molar-refractivity contribution is 0.120. The fourth-order valence-electron chi connectivity index (χ4n) is 3.68. The molecule has 0 spiro atoms. The summed E-state index contributed by atoms with van der Waals surface area (Å²) in [5.41, 5.74) is 0. The van der Waals surface area contributed by atoms with Gasteiger partial charge in [0.1, 0.15) is 0 Å². The largest absolute Gasteiger partial charge is 0.339 e. The van der Waals surface area contributed by atoms with Crippen LogP contribution in [0.5, 0.6) is 0 Å². The van der Waals surface area contributed by atoms with E-state index in [0.29, 0.717) is 12.0 Å². The van der Waals surface area contributed by atoms with Gasteiger partial charge in [-0.1, -0.05) is 18.5 Å². The van der Waals surface area contributed by atoms with Crippen molar-refractivity contribution in [3.8, 4) is 0 Å². The maximum absolute atomic E-state index is 5.45. The number of nitrogens with zero attached hydrogens (tertiary/aromatic N) is 4. The minimum absolute atomic E-state index is 0.534. The summed E-state index contributed by atoms with van der Waals surface area (Å²) in [6.07, 6.45) is 6.36. The number of hydrogen-bond donors (Lipinski definition) is 0. The molecule has 5 nitrogen and oxygen atoms in total. The third-order valence-corrected chi connectivity index (χ3v) is 5.65. The Bertz CT molecular complexity index is 475. The van der Waals surface area contributed by atoms with Crippen molar-refractivity contribution in [2.75, 3.05) is 26.2 Å². The molecule has 0 radical (unpaired) electrons. The quantitative estimate of drug-likeness (QED) is 0.771. The zero-order valence-electron chi connectivity index (χ0n) is 15.0. The van der Waals surface area contributed by atoms with Crippen LogP contribution in [0.2, 0.25) is 0 Å². The Morgan fingerprint density at radius 1 is 1.22 bits per heavy atom. The highest BCUT2D eigenvalue weighted by atomic mass is 16.5. The second-order valence-electron chi connectivity index (χ2n) is 7.58. The topological polar surface area (TPSA) is 45.4 Å².